The van der Waals surface area contributed by atoms with Crippen LogP contribution >= 0.6 is 22.9 Å². The normalized spacial score (nSPS) is 14.2. The molecule has 10 aromatic rings. The summed E-state index contributed by atoms with van der Waals surface area (Å²) in [5.74, 6) is 1.77. The number of carbonyl (C=O) groups is 1. The number of hydrogen-bond acceptors (Lipinski definition) is 14. The van der Waals surface area contributed by atoms with Gasteiger partial charge in [0.25, 0.3) is 0 Å². The van der Waals surface area contributed by atoms with Gasteiger partial charge in [-0.25, -0.2) is 29.1 Å². The van der Waals surface area contributed by atoms with Crippen molar-refractivity contribution in [2.75, 3.05) is 34.5 Å². The van der Waals surface area contributed by atoms with Crippen LogP contribution in [0.3, 0.4) is 0 Å². The minimum atomic E-state index is -1.52. The van der Waals surface area contributed by atoms with Crippen molar-refractivity contribution in [2.45, 2.75) is 37.8 Å². The number of thiophene rings is 1. The predicted molar refractivity (Wildman–Crippen MR) is 307 cm³/mol. The van der Waals surface area contributed by atoms with Crippen LogP contribution in [0.1, 0.15) is 33.5 Å². The lowest BCUT2D eigenvalue weighted by atomic mass is 9.80. The van der Waals surface area contributed by atoms with E-state index in [9.17, 15) is 14.3 Å². The first-order chi connectivity index (χ1) is 39.5. The standard InChI is InChI=1S/C64H52ClFN4O10S/c1-38-50-27-29-54(58(38)65)79-49(36-78-64(41-10-6-5-7-11-41,42-16-22-46(73-2)23-17-42)43-18-24-47(74-3)25-19-43)35-76-48-26-28-52(77-34-45-30-31-67-60(70-45)51-12-8-9-13-53(51)75-4)40(32-48)33-55(63(71)72)80-61-57-56(50)59(81-62(57)69-37-68-61)39-14-20-44(66)21-15-39/h5-32,37,49,55H,33-36H2,1-4H3,(H,71,72)/t49-,55+/m0/s1. The van der Waals surface area contributed by atoms with Crippen LogP contribution in [0, 0.1) is 12.7 Å². The van der Waals surface area contributed by atoms with Crippen LogP contribution in [0.25, 0.3) is 43.2 Å². The van der Waals surface area contributed by atoms with Gasteiger partial charge in [0.15, 0.2) is 11.9 Å². The monoisotopic (exact) mass is 1120 g/mol. The van der Waals surface area contributed by atoms with Crippen LogP contribution in [-0.2, 0) is 28.2 Å². The number of halogens is 2. The topological polar surface area (TPSA) is 163 Å². The predicted octanol–water partition coefficient (Wildman–Crippen LogP) is 13.4. The maximum atomic E-state index is 14.5. The fraction of sp³-hybridized carbons (Fsp3) is 0.172. The summed E-state index contributed by atoms with van der Waals surface area (Å²) in [6.07, 6.45) is 0.381. The first kappa shape index (κ1) is 53.9. The molecule has 3 aromatic heterocycles. The van der Waals surface area contributed by atoms with Crippen molar-refractivity contribution in [1.82, 2.24) is 19.9 Å². The maximum absolute atomic E-state index is 14.5. The number of nitrogens with zero attached hydrogens (tertiary/aromatic N) is 4. The van der Waals surface area contributed by atoms with Gasteiger partial charge in [-0.1, -0.05) is 96.5 Å². The summed E-state index contributed by atoms with van der Waals surface area (Å²) in [4.78, 5) is 33.2. The number of fused-ring (bicyclic) bond motifs is 7. The summed E-state index contributed by atoms with van der Waals surface area (Å²) in [5.41, 5.74) is 5.46. The first-order valence-electron chi connectivity index (χ1n) is 25.7. The molecule has 0 saturated carbocycles. The number of methoxy groups -OCH3 is 3. The molecular weight excluding hydrogens is 1070 g/mol. The number of benzene rings is 7. The minimum absolute atomic E-state index is 0.0103. The number of hydrogen-bond donors (Lipinski definition) is 1. The van der Waals surface area contributed by atoms with E-state index in [2.05, 4.69) is 15.0 Å². The van der Waals surface area contributed by atoms with E-state index in [4.69, 9.17) is 54.5 Å². The SMILES string of the molecule is COc1ccc(C(OC[C@@H]2COc3ccc(OCc4ccnc(-c5ccccc5OC)n4)c(c3)C[C@H](C(=O)O)Oc3ncnc4sc(-c5ccc(F)cc5)c(c34)-c3ccc(c(Cl)c3C)O2)(c2ccccc2)c2ccc(OC)cc2)cc1. The molecule has 0 amide bonds. The zero-order chi connectivity index (χ0) is 56.0. The Balaban J connectivity index is 1.04. The second kappa shape index (κ2) is 23.7. The van der Waals surface area contributed by atoms with Crippen LogP contribution in [0.2, 0.25) is 5.02 Å². The molecule has 81 heavy (non-hydrogen) atoms. The lowest BCUT2D eigenvalue weighted by molar-refractivity contribution is -0.145. The molecule has 0 radical (unpaired) electrons. The first-order valence-corrected chi connectivity index (χ1v) is 26.9. The van der Waals surface area contributed by atoms with Gasteiger partial charge in [-0.15, -0.1) is 11.3 Å². The molecule has 4 bridgehead atoms. The van der Waals surface area contributed by atoms with Crippen molar-refractivity contribution in [3.05, 3.63) is 221 Å². The zero-order valence-corrected chi connectivity index (χ0v) is 45.9. The quantitative estimate of drug-likeness (QED) is 0.0965. The van der Waals surface area contributed by atoms with E-state index in [0.29, 0.717) is 94.5 Å². The number of aromatic nitrogens is 4. The molecule has 0 unspecified atom stereocenters. The van der Waals surface area contributed by atoms with Crippen LogP contribution in [0.4, 0.5) is 4.39 Å². The van der Waals surface area contributed by atoms with E-state index in [0.717, 1.165) is 16.7 Å². The summed E-state index contributed by atoms with van der Waals surface area (Å²) in [5, 5.41) is 11.8. The van der Waals surface area contributed by atoms with E-state index in [1.807, 2.05) is 116 Å². The zero-order valence-electron chi connectivity index (χ0n) is 44.3. The number of rotatable bonds is 15. The average Bonchev–Trinajstić information content (AvgIpc) is 3.95. The molecule has 408 valence electrons. The Morgan fingerprint density at radius 2 is 1.46 bits per heavy atom. The maximum Gasteiger partial charge on any atom is 0.345 e. The summed E-state index contributed by atoms with van der Waals surface area (Å²) in [6.45, 7) is 1.71. The fourth-order valence-electron chi connectivity index (χ4n) is 9.90. The van der Waals surface area contributed by atoms with Gasteiger partial charge < -0.3 is 43.0 Å². The van der Waals surface area contributed by atoms with Gasteiger partial charge in [0.2, 0.25) is 12.0 Å². The molecule has 0 saturated heterocycles. The van der Waals surface area contributed by atoms with Gasteiger partial charge in [0.1, 0.15) is 70.3 Å². The van der Waals surface area contributed by atoms with Crippen molar-refractivity contribution in [3.8, 4) is 73.3 Å². The van der Waals surface area contributed by atoms with Crippen molar-refractivity contribution in [2.24, 2.45) is 0 Å². The van der Waals surface area contributed by atoms with E-state index in [-0.39, 0.29) is 37.1 Å². The highest BCUT2D eigenvalue weighted by Gasteiger charge is 2.39. The summed E-state index contributed by atoms with van der Waals surface area (Å²) in [7, 11) is 4.82. The van der Waals surface area contributed by atoms with E-state index in [1.54, 1.807) is 70.0 Å². The molecule has 0 fully saturated rings. The van der Waals surface area contributed by atoms with Crippen LogP contribution in [0.15, 0.2) is 176 Å². The third-order valence-corrected chi connectivity index (χ3v) is 15.6. The highest BCUT2D eigenvalue weighted by atomic mass is 35.5. The Hall–Kier alpha value is -9.09. The summed E-state index contributed by atoms with van der Waals surface area (Å²) in [6, 6.07) is 49.5. The second-order valence-electron chi connectivity index (χ2n) is 18.9. The Morgan fingerprint density at radius 3 is 2.16 bits per heavy atom. The van der Waals surface area contributed by atoms with Crippen molar-refractivity contribution in [3.63, 3.8) is 0 Å². The van der Waals surface area contributed by atoms with Crippen molar-refractivity contribution in [1.29, 1.82) is 0 Å². The molecule has 14 nitrogen and oxygen atoms in total. The van der Waals surface area contributed by atoms with E-state index >= 15 is 0 Å². The fourth-order valence-corrected chi connectivity index (χ4v) is 11.3. The highest BCUT2D eigenvalue weighted by molar-refractivity contribution is 7.22. The van der Waals surface area contributed by atoms with Crippen LogP contribution in [0.5, 0.6) is 40.4 Å². The molecule has 17 heteroatoms. The van der Waals surface area contributed by atoms with Crippen molar-refractivity contribution >= 4 is 39.1 Å². The van der Waals surface area contributed by atoms with Gasteiger partial charge in [-0.3, -0.25) is 0 Å². The Bertz CT molecular complexity index is 3820. The molecule has 2 atom stereocenters. The highest BCUT2D eigenvalue weighted by Crippen LogP contribution is 2.50. The smallest absolute Gasteiger partial charge is 0.345 e. The molecule has 0 spiro atoms. The molecule has 5 heterocycles. The second-order valence-corrected chi connectivity index (χ2v) is 20.2. The Morgan fingerprint density at radius 1 is 0.753 bits per heavy atom. The summed E-state index contributed by atoms with van der Waals surface area (Å²) >= 11 is 8.78. The Kier molecular flexibility index (Phi) is 15.8. The third kappa shape index (κ3) is 11.1. The largest absolute Gasteiger partial charge is 0.497 e. The van der Waals surface area contributed by atoms with E-state index < -0.39 is 29.6 Å². The van der Waals surface area contributed by atoms with Crippen molar-refractivity contribution < 1.29 is 52.2 Å². The third-order valence-electron chi connectivity index (χ3n) is 14.0. The van der Waals surface area contributed by atoms with Crippen LogP contribution < -0.4 is 33.2 Å². The number of ether oxygens (including phenoxy) is 8. The number of para-hydroxylation sites is 1. The molecule has 1 N–H and O–H groups in total. The number of carboxylic acids is 1. The lowest BCUT2D eigenvalue weighted by Gasteiger charge is -2.37. The minimum Gasteiger partial charge on any atom is -0.497 e. The van der Waals surface area contributed by atoms with Gasteiger partial charge >= 0.3 is 5.97 Å². The van der Waals surface area contributed by atoms with Gasteiger partial charge in [-0.2, -0.15) is 0 Å². The molecule has 2 aliphatic heterocycles. The Labute approximate surface area is 475 Å². The molecule has 0 aliphatic carbocycles. The number of aliphatic carboxylic acids is 1. The van der Waals surface area contributed by atoms with Gasteiger partial charge in [0.05, 0.1) is 49.6 Å². The van der Waals surface area contributed by atoms with E-state index in [1.165, 1.54) is 29.8 Å². The molecule has 2 aliphatic rings. The van der Waals surface area contributed by atoms with Gasteiger partial charge in [-0.05, 0) is 119 Å². The van der Waals surface area contributed by atoms with Crippen LogP contribution in [-0.4, -0.2) is 77.8 Å². The number of carboxylic acid groups (broad SMARTS) is 1. The average molecular weight is 1120 g/mol. The van der Waals surface area contributed by atoms with Gasteiger partial charge in [0, 0.05) is 28.6 Å². The molecule has 12 rings (SSSR count). The molecular formula is C64H52ClFN4O10S. The molecule has 7 aromatic carbocycles. The lowest BCUT2D eigenvalue weighted by Crippen LogP contribution is -2.39. The summed E-state index contributed by atoms with van der Waals surface area (Å²) < 4.78 is 65.4.